The van der Waals surface area contributed by atoms with Crippen molar-refractivity contribution in [3.63, 3.8) is 0 Å². The number of hydrogen-bond donors (Lipinski definition) is 1. The van der Waals surface area contributed by atoms with Crippen molar-refractivity contribution in [2.24, 2.45) is 5.92 Å². The molecule has 1 amide bonds. The van der Waals surface area contributed by atoms with Gasteiger partial charge in [-0.1, -0.05) is 0 Å². The van der Waals surface area contributed by atoms with E-state index in [1.165, 1.54) is 0 Å². The lowest BCUT2D eigenvalue weighted by Crippen LogP contribution is -2.46. The summed E-state index contributed by atoms with van der Waals surface area (Å²) in [5.74, 6) is 0.914. The zero-order chi connectivity index (χ0) is 13.4. The van der Waals surface area contributed by atoms with Crippen LogP contribution < -0.4 is 10.2 Å². The summed E-state index contributed by atoms with van der Waals surface area (Å²) >= 11 is 0. The highest BCUT2D eigenvalue weighted by Crippen LogP contribution is 2.32. The number of anilines is 1. The molecule has 2 saturated heterocycles. The summed E-state index contributed by atoms with van der Waals surface area (Å²) in [4.78, 5) is 18.3. The molecule has 2 fully saturated rings. The fourth-order valence-corrected chi connectivity index (χ4v) is 3.11. The highest BCUT2D eigenvalue weighted by Gasteiger charge is 2.41. The van der Waals surface area contributed by atoms with E-state index >= 15 is 0 Å². The molecule has 0 aliphatic carbocycles. The van der Waals surface area contributed by atoms with E-state index in [9.17, 15) is 10.1 Å². The molecule has 3 rings (SSSR count). The van der Waals surface area contributed by atoms with Gasteiger partial charge >= 0.3 is 0 Å². The largest absolute Gasteiger partial charge is 0.354 e. The Morgan fingerprint density at radius 2 is 2.42 bits per heavy atom. The van der Waals surface area contributed by atoms with Gasteiger partial charge in [-0.15, -0.1) is 0 Å². The third kappa shape index (κ3) is 1.84. The number of nitriles is 1. The van der Waals surface area contributed by atoms with Crippen molar-refractivity contribution in [3.05, 3.63) is 23.4 Å². The molecule has 5 heteroatoms. The second-order valence-electron chi connectivity index (χ2n) is 5.19. The normalized spacial score (nSPS) is 25.7. The maximum absolute atomic E-state index is 11.8. The molecule has 2 atom stereocenters. The quantitative estimate of drug-likeness (QED) is 0.813. The van der Waals surface area contributed by atoms with Gasteiger partial charge in [0.05, 0.1) is 17.5 Å². The predicted molar refractivity (Wildman–Crippen MR) is 70.6 cm³/mol. The minimum atomic E-state index is 0.0441. The number of carbonyl (C=O) groups is 1. The summed E-state index contributed by atoms with van der Waals surface area (Å²) in [5.41, 5.74) is 1.56. The number of aromatic nitrogens is 1. The maximum atomic E-state index is 11.8. The first-order valence-electron chi connectivity index (χ1n) is 6.62. The van der Waals surface area contributed by atoms with Gasteiger partial charge in [0.1, 0.15) is 11.9 Å². The summed E-state index contributed by atoms with van der Waals surface area (Å²) in [6.45, 7) is 3.44. The number of aryl methyl sites for hydroxylation is 1. The Bertz CT molecular complexity index is 563. The molecule has 1 aromatic rings. The van der Waals surface area contributed by atoms with Gasteiger partial charge in [-0.25, -0.2) is 4.98 Å². The number of hydrogen-bond acceptors (Lipinski definition) is 4. The molecule has 0 radical (unpaired) electrons. The second-order valence-corrected chi connectivity index (χ2v) is 5.19. The van der Waals surface area contributed by atoms with Gasteiger partial charge < -0.3 is 10.2 Å². The van der Waals surface area contributed by atoms with Crippen LogP contribution in [0.15, 0.2) is 12.3 Å². The van der Waals surface area contributed by atoms with E-state index in [4.69, 9.17) is 0 Å². The fraction of sp³-hybridized carbons (Fsp3) is 0.500. The third-order valence-corrected chi connectivity index (χ3v) is 4.12. The average molecular weight is 256 g/mol. The lowest BCUT2D eigenvalue weighted by molar-refractivity contribution is -0.122. The summed E-state index contributed by atoms with van der Waals surface area (Å²) in [5, 5.41) is 12.2. The van der Waals surface area contributed by atoms with Crippen LogP contribution in [0.5, 0.6) is 0 Å². The molecule has 19 heavy (non-hydrogen) atoms. The molecule has 98 valence electrons. The Balaban J connectivity index is 2.00. The number of carbonyl (C=O) groups excluding carboxylic acids is 1. The van der Waals surface area contributed by atoms with Gasteiger partial charge in [0.2, 0.25) is 5.91 Å². The van der Waals surface area contributed by atoms with E-state index in [2.05, 4.69) is 21.3 Å². The first-order chi connectivity index (χ1) is 9.22. The first kappa shape index (κ1) is 12.0. The molecular weight excluding hydrogens is 240 g/mol. The highest BCUT2D eigenvalue weighted by molar-refractivity contribution is 5.83. The minimum Gasteiger partial charge on any atom is -0.354 e. The van der Waals surface area contributed by atoms with Crippen LogP contribution in [0.25, 0.3) is 0 Å². The van der Waals surface area contributed by atoms with Crippen LogP contribution >= 0.6 is 0 Å². The lowest BCUT2D eigenvalue weighted by atomic mass is 9.91. The van der Waals surface area contributed by atoms with E-state index < -0.39 is 0 Å². The van der Waals surface area contributed by atoms with E-state index in [0.717, 1.165) is 30.8 Å². The number of rotatable bonds is 1. The average Bonchev–Trinajstić information content (AvgIpc) is 2.80. The number of fused-ring (bicyclic) bond motifs is 1. The van der Waals surface area contributed by atoms with Crippen molar-refractivity contribution < 1.29 is 4.79 Å². The molecule has 0 bridgehead atoms. The number of nitrogens with one attached hydrogen (secondary N) is 1. The summed E-state index contributed by atoms with van der Waals surface area (Å²) in [6, 6.07) is 4.23. The minimum absolute atomic E-state index is 0.0441. The van der Waals surface area contributed by atoms with Crippen LogP contribution in [0.1, 0.15) is 24.0 Å². The maximum Gasteiger partial charge on any atom is 0.225 e. The standard InChI is InChI=1S/C14H16N4O/c1-9-4-5-16-13(11(9)7-15)18-6-2-3-10-12(18)8-17-14(10)19/h4-5,10,12H,2-3,6,8H2,1H3,(H,17,19). The SMILES string of the molecule is Cc1ccnc(N2CCCC3C(=O)NCC32)c1C#N. The van der Waals surface area contributed by atoms with Gasteiger partial charge in [-0.3, -0.25) is 4.79 Å². The van der Waals surface area contributed by atoms with Crippen molar-refractivity contribution in [3.8, 4) is 6.07 Å². The van der Waals surface area contributed by atoms with Crippen molar-refractivity contribution in [1.29, 1.82) is 5.26 Å². The first-order valence-corrected chi connectivity index (χ1v) is 6.62. The van der Waals surface area contributed by atoms with Crippen LogP contribution in [0.2, 0.25) is 0 Å². The molecule has 0 spiro atoms. The molecule has 2 unspecified atom stereocenters. The van der Waals surface area contributed by atoms with Crippen molar-refractivity contribution in [1.82, 2.24) is 10.3 Å². The Hall–Kier alpha value is -2.09. The molecular formula is C14H16N4O. The number of pyridine rings is 1. The van der Waals surface area contributed by atoms with E-state index in [1.54, 1.807) is 6.20 Å². The Morgan fingerprint density at radius 3 is 3.21 bits per heavy atom. The number of nitrogens with zero attached hydrogens (tertiary/aromatic N) is 3. The second kappa shape index (κ2) is 4.54. The van der Waals surface area contributed by atoms with Crippen LogP contribution in [0, 0.1) is 24.2 Å². The van der Waals surface area contributed by atoms with Gasteiger partial charge in [0.25, 0.3) is 0 Å². The van der Waals surface area contributed by atoms with Crippen molar-refractivity contribution in [2.75, 3.05) is 18.0 Å². The van der Waals surface area contributed by atoms with Gasteiger partial charge in [0.15, 0.2) is 0 Å². The van der Waals surface area contributed by atoms with Crippen LogP contribution in [0.3, 0.4) is 0 Å². The van der Waals surface area contributed by atoms with Crippen LogP contribution in [-0.4, -0.2) is 30.0 Å². The molecule has 1 aromatic heterocycles. The zero-order valence-electron chi connectivity index (χ0n) is 10.9. The van der Waals surface area contributed by atoms with Gasteiger partial charge in [0, 0.05) is 19.3 Å². The Kier molecular flexibility index (Phi) is 2.86. The molecule has 1 N–H and O–H groups in total. The molecule has 0 saturated carbocycles. The van der Waals surface area contributed by atoms with E-state index in [-0.39, 0.29) is 17.9 Å². The molecule has 3 heterocycles. The van der Waals surface area contributed by atoms with E-state index in [0.29, 0.717) is 12.1 Å². The van der Waals surface area contributed by atoms with E-state index in [1.807, 2.05) is 13.0 Å². The number of piperidine rings is 1. The molecule has 0 aromatic carbocycles. The topological polar surface area (TPSA) is 69.0 Å². The van der Waals surface area contributed by atoms with Gasteiger partial charge in [-0.2, -0.15) is 5.26 Å². The van der Waals surface area contributed by atoms with Crippen LogP contribution in [0.4, 0.5) is 5.82 Å². The summed E-state index contributed by atoms with van der Waals surface area (Å²) in [6.07, 6.45) is 3.63. The molecule has 5 nitrogen and oxygen atoms in total. The highest BCUT2D eigenvalue weighted by atomic mass is 16.2. The summed E-state index contributed by atoms with van der Waals surface area (Å²) in [7, 11) is 0. The van der Waals surface area contributed by atoms with Crippen molar-refractivity contribution in [2.45, 2.75) is 25.8 Å². The molecule has 2 aliphatic rings. The fourth-order valence-electron chi connectivity index (χ4n) is 3.11. The third-order valence-electron chi connectivity index (χ3n) is 4.12. The zero-order valence-corrected chi connectivity index (χ0v) is 10.9. The lowest BCUT2D eigenvalue weighted by Gasteiger charge is -2.37. The van der Waals surface area contributed by atoms with Crippen molar-refractivity contribution >= 4 is 11.7 Å². The number of amides is 1. The summed E-state index contributed by atoms with van der Waals surface area (Å²) < 4.78 is 0. The van der Waals surface area contributed by atoms with Crippen LogP contribution in [-0.2, 0) is 4.79 Å². The Morgan fingerprint density at radius 1 is 1.58 bits per heavy atom. The van der Waals surface area contributed by atoms with Gasteiger partial charge in [-0.05, 0) is 31.4 Å². The monoisotopic (exact) mass is 256 g/mol. The predicted octanol–water partition coefficient (Wildman–Crippen LogP) is 0.976. The molecule has 2 aliphatic heterocycles. The smallest absolute Gasteiger partial charge is 0.225 e. The Labute approximate surface area is 112 Å².